The molecular weight excluding hydrogens is 731 g/mol. The molecule has 0 radical (unpaired) electrons. The Kier molecular flexibility index (Phi) is 9.88. The quantitative estimate of drug-likeness (QED) is 0.146. The van der Waals surface area contributed by atoms with E-state index in [2.05, 4.69) is 140 Å². The molecule has 10 aromatic rings. The molecule has 0 aliphatic carbocycles. The van der Waals surface area contributed by atoms with Crippen molar-refractivity contribution in [3.05, 3.63) is 225 Å². The predicted molar refractivity (Wildman–Crippen MR) is 244 cm³/mol. The Morgan fingerprint density at radius 2 is 0.533 bits per heavy atom. The van der Waals surface area contributed by atoms with Gasteiger partial charge in [0.1, 0.15) is 0 Å². The van der Waals surface area contributed by atoms with Gasteiger partial charge in [0.15, 0.2) is 5.82 Å². The number of rotatable bonds is 9. The second-order valence-electron chi connectivity index (χ2n) is 14.6. The van der Waals surface area contributed by atoms with Gasteiger partial charge >= 0.3 is 0 Å². The van der Waals surface area contributed by atoms with Gasteiger partial charge in [0.05, 0.1) is 39.9 Å². The van der Waals surface area contributed by atoms with Crippen LogP contribution >= 0.6 is 0 Å². The standard InChI is InChI=1S/C55H37N5/c1-6-16-38(17-7-1)46-32-49(41-20-10-3-11-21-41)57-53(34-46)54-35-47(39-18-8-2-9-19-39)33-52(58-54)48-31-30-45(37-56-48)40-26-28-43(29-27-40)51-36-50(42-22-12-4-13-23-42)59-55(60-51)44-24-14-5-15-25-44/h1-37H. The van der Waals surface area contributed by atoms with Crippen LogP contribution in [0, 0.1) is 0 Å². The average Bonchev–Trinajstić information content (AvgIpc) is 3.35. The summed E-state index contributed by atoms with van der Waals surface area (Å²) in [5, 5.41) is 0. The van der Waals surface area contributed by atoms with Gasteiger partial charge in [-0.3, -0.25) is 4.98 Å². The Hall–Kier alpha value is -8.15. The maximum atomic E-state index is 5.24. The van der Waals surface area contributed by atoms with Crippen molar-refractivity contribution in [2.45, 2.75) is 0 Å². The van der Waals surface area contributed by atoms with Crippen LogP contribution in [0.25, 0.3) is 101 Å². The summed E-state index contributed by atoms with van der Waals surface area (Å²) in [4.78, 5) is 25.4. The van der Waals surface area contributed by atoms with Crippen LogP contribution in [0.15, 0.2) is 225 Å². The van der Waals surface area contributed by atoms with E-state index in [1.54, 1.807) is 0 Å². The third kappa shape index (κ3) is 7.76. The summed E-state index contributed by atoms with van der Waals surface area (Å²) in [5.41, 5.74) is 16.2. The van der Waals surface area contributed by atoms with Gasteiger partial charge in [-0.05, 0) is 64.2 Å². The van der Waals surface area contributed by atoms with Crippen molar-refractivity contribution in [3.8, 4) is 101 Å². The highest BCUT2D eigenvalue weighted by Crippen LogP contribution is 2.35. The van der Waals surface area contributed by atoms with Crippen molar-refractivity contribution < 1.29 is 0 Å². The molecule has 0 saturated carbocycles. The normalized spacial score (nSPS) is 11.0. The van der Waals surface area contributed by atoms with Crippen molar-refractivity contribution in [2.75, 3.05) is 0 Å². The van der Waals surface area contributed by atoms with Gasteiger partial charge in [-0.2, -0.15) is 0 Å². The second-order valence-corrected chi connectivity index (χ2v) is 14.6. The van der Waals surface area contributed by atoms with Crippen LogP contribution in [0.5, 0.6) is 0 Å². The number of hydrogen-bond acceptors (Lipinski definition) is 5. The molecule has 5 nitrogen and oxygen atoms in total. The molecule has 6 aromatic carbocycles. The molecule has 0 N–H and O–H groups in total. The van der Waals surface area contributed by atoms with Gasteiger partial charge < -0.3 is 0 Å². The van der Waals surface area contributed by atoms with Crippen LogP contribution in [-0.2, 0) is 0 Å². The Morgan fingerprint density at radius 3 is 1.00 bits per heavy atom. The largest absolute Gasteiger partial charge is 0.254 e. The summed E-state index contributed by atoms with van der Waals surface area (Å²) in [7, 11) is 0. The topological polar surface area (TPSA) is 64.5 Å². The summed E-state index contributed by atoms with van der Waals surface area (Å²) in [6, 6.07) is 74.8. The molecule has 0 saturated heterocycles. The fourth-order valence-corrected chi connectivity index (χ4v) is 7.42. The molecule has 60 heavy (non-hydrogen) atoms. The molecule has 5 heteroatoms. The highest BCUT2D eigenvalue weighted by Gasteiger charge is 2.15. The van der Waals surface area contributed by atoms with E-state index in [4.69, 9.17) is 24.9 Å². The van der Waals surface area contributed by atoms with Crippen LogP contribution in [0.1, 0.15) is 0 Å². The fraction of sp³-hybridized carbons (Fsp3) is 0. The fourth-order valence-electron chi connectivity index (χ4n) is 7.42. The van der Waals surface area contributed by atoms with Crippen LogP contribution in [0.3, 0.4) is 0 Å². The predicted octanol–water partition coefficient (Wildman–Crippen LogP) is 13.7. The molecule has 4 aromatic heterocycles. The SMILES string of the molecule is c1ccc(-c2cc(-c3ccccc3)nc(-c3cc(-c4ccccc4)cc(-c4ccc(-c5ccc(-c6cc(-c7ccccc7)nc(-c7ccccc7)n6)cc5)cn4)n3)c2)cc1. The van der Waals surface area contributed by atoms with E-state index in [-0.39, 0.29) is 0 Å². The molecule has 4 heterocycles. The second kappa shape index (κ2) is 16.4. The molecule has 10 rings (SSSR count). The van der Waals surface area contributed by atoms with Crippen molar-refractivity contribution in [2.24, 2.45) is 0 Å². The molecule has 0 atom stereocenters. The van der Waals surface area contributed by atoms with E-state index < -0.39 is 0 Å². The van der Waals surface area contributed by atoms with Crippen molar-refractivity contribution in [1.82, 2.24) is 24.9 Å². The van der Waals surface area contributed by atoms with Gasteiger partial charge in [-0.15, -0.1) is 0 Å². The maximum Gasteiger partial charge on any atom is 0.160 e. The van der Waals surface area contributed by atoms with Crippen LogP contribution < -0.4 is 0 Å². The first-order valence-corrected chi connectivity index (χ1v) is 20.0. The monoisotopic (exact) mass is 767 g/mol. The zero-order valence-electron chi connectivity index (χ0n) is 32.6. The third-order valence-electron chi connectivity index (χ3n) is 10.6. The lowest BCUT2D eigenvalue weighted by Gasteiger charge is -2.13. The van der Waals surface area contributed by atoms with E-state index in [9.17, 15) is 0 Å². The smallest absolute Gasteiger partial charge is 0.160 e. The van der Waals surface area contributed by atoms with Crippen molar-refractivity contribution >= 4 is 0 Å². The number of benzene rings is 6. The number of hydrogen-bond donors (Lipinski definition) is 0. The summed E-state index contributed by atoms with van der Waals surface area (Å²) in [6.07, 6.45) is 1.92. The van der Waals surface area contributed by atoms with Crippen LogP contribution in [0.2, 0.25) is 0 Å². The minimum atomic E-state index is 0.695. The van der Waals surface area contributed by atoms with Gasteiger partial charge in [-0.1, -0.05) is 182 Å². The summed E-state index contributed by atoms with van der Waals surface area (Å²) in [5.74, 6) is 0.695. The van der Waals surface area contributed by atoms with Crippen molar-refractivity contribution in [1.29, 1.82) is 0 Å². The molecule has 0 bridgehead atoms. The lowest BCUT2D eigenvalue weighted by atomic mass is 9.99. The zero-order chi connectivity index (χ0) is 40.1. The maximum absolute atomic E-state index is 5.24. The molecule has 0 aliphatic heterocycles. The lowest BCUT2D eigenvalue weighted by Crippen LogP contribution is -1.97. The van der Waals surface area contributed by atoms with E-state index >= 15 is 0 Å². The first-order valence-electron chi connectivity index (χ1n) is 20.0. The number of nitrogens with zero attached hydrogens (tertiary/aromatic N) is 5. The molecule has 0 fully saturated rings. The summed E-state index contributed by atoms with van der Waals surface area (Å²) < 4.78 is 0. The Morgan fingerprint density at radius 1 is 0.200 bits per heavy atom. The lowest BCUT2D eigenvalue weighted by molar-refractivity contribution is 1.18. The van der Waals surface area contributed by atoms with E-state index in [1.165, 1.54) is 0 Å². The van der Waals surface area contributed by atoms with Crippen molar-refractivity contribution in [3.63, 3.8) is 0 Å². The van der Waals surface area contributed by atoms with Crippen LogP contribution in [0.4, 0.5) is 0 Å². The third-order valence-corrected chi connectivity index (χ3v) is 10.6. The van der Waals surface area contributed by atoms with Gasteiger partial charge in [0, 0.05) is 34.0 Å². The molecule has 0 spiro atoms. The minimum Gasteiger partial charge on any atom is -0.254 e. The van der Waals surface area contributed by atoms with Gasteiger partial charge in [0.2, 0.25) is 0 Å². The molecule has 0 aliphatic rings. The molecule has 282 valence electrons. The molecule has 0 unspecified atom stereocenters. The van der Waals surface area contributed by atoms with E-state index in [0.29, 0.717) is 5.82 Å². The Labute approximate surface area is 349 Å². The zero-order valence-corrected chi connectivity index (χ0v) is 32.6. The van der Waals surface area contributed by atoms with Crippen LogP contribution in [-0.4, -0.2) is 24.9 Å². The molecular formula is C55H37N5. The van der Waals surface area contributed by atoms with Gasteiger partial charge in [-0.25, -0.2) is 19.9 Å². The minimum absolute atomic E-state index is 0.695. The highest BCUT2D eigenvalue weighted by atomic mass is 14.9. The van der Waals surface area contributed by atoms with E-state index in [0.717, 1.165) is 95.5 Å². The highest BCUT2D eigenvalue weighted by molar-refractivity contribution is 5.80. The Balaban J connectivity index is 1.00. The number of aromatic nitrogens is 5. The number of pyridine rings is 3. The first-order chi connectivity index (χ1) is 29.7. The summed E-state index contributed by atoms with van der Waals surface area (Å²) >= 11 is 0. The molecule has 0 amide bonds. The average molecular weight is 768 g/mol. The Bertz CT molecular complexity index is 2910. The van der Waals surface area contributed by atoms with E-state index in [1.807, 2.05) is 85.1 Å². The summed E-state index contributed by atoms with van der Waals surface area (Å²) in [6.45, 7) is 0. The van der Waals surface area contributed by atoms with Gasteiger partial charge in [0.25, 0.3) is 0 Å². The first kappa shape index (κ1) is 36.2.